The zero-order chi connectivity index (χ0) is 16.2. The Labute approximate surface area is 166 Å². The molecule has 0 aromatic carbocycles. The minimum Gasteiger partial charge on any atom is -0.357 e. The lowest BCUT2D eigenvalue weighted by molar-refractivity contribution is 0.256. The van der Waals surface area contributed by atoms with E-state index < -0.39 is 0 Å². The van der Waals surface area contributed by atoms with Gasteiger partial charge < -0.3 is 10.6 Å². The maximum atomic E-state index is 4.73. The van der Waals surface area contributed by atoms with Crippen molar-refractivity contribution in [2.24, 2.45) is 4.99 Å². The summed E-state index contributed by atoms with van der Waals surface area (Å²) in [6, 6.07) is 2.07. The first kappa shape index (κ1) is 19.9. The molecular weight excluding hydrogens is 433 g/mol. The first-order valence-electron chi connectivity index (χ1n) is 8.87. The molecule has 7 heteroatoms. The molecule has 2 atom stereocenters. The number of nitrogens with one attached hydrogen (secondary N) is 2. The lowest BCUT2D eigenvalue weighted by Gasteiger charge is -2.20. The summed E-state index contributed by atoms with van der Waals surface area (Å²) < 4.78 is 0. The second-order valence-electron chi connectivity index (χ2n) is 6.73. The molecule has 2 unspecified atom stereocenters. The van der Waals surface area contributed by atoms with E-state index in [1.165, 1.54) is 29.1 Å². The van der Waals surface area contributed by atoms with Crippen molar-refractivity contribution in [3.05, 3.63) is 16.1 Å². The molecule has 2 N–H and O–H groups in total. The van der Waals surface area contributed by atoms with E-state index in [0.717, 1.165) is 38.1 Å². The minimum atomic E-state index is 0. The lowest BCUT2D eigenvalue weighted by atomic mass is 10.2. The Morgan fingerprint density at radius 1 is 1.46 bits per heavy atom. The van der Waals surface area contributed by atoms with Crippen molar-refractivity contribution in [1.29, 1.82) is 0 Å². The Balaban J connectivity index is 0.00000208. The number of aromatic nitrogens is 1. The van der Waals surface area contributed by atoms with Gasteiger partial charge in [-0.25, -0.2) is 4.98 Å². The van der Waals surface area contributed by atoms with Crippen LogP contribution in [0.5, 0.6) is 0 Å². The number of guanidine groups is 1. The van der Waals surface area contributed by atoms with Gasteiger partial charge in [-0.1, -0.05) is 0 Å². The fraction of sp³-hybridized carbons (Fsp3) is 0.765. The van der Waals surface area contributed by atoms with Crippen molar-refractivity contribution < 1.29 is 0 Å². The predicted molar refractivity (Wildman–Crippen MR) is 113 cm³/mol. The molecule has 1 aliphatic heterocycles. The molecule has 1 aromatic rings. The molecule has 0 radical (unpaired) electrons. The van der Waals surface area contributed by atoms with Crippen LogP contribution < -0.4 is 10.6 Å². The highest BCUT2D eigenvalue weighted by atomic mass is 127. The summed E-state index contributed by atoms with van der Waals surface area (Å²) in [6.45, 7) is 9.42. The van der Waals surface area contributed by atoms with E-state index in [-0.39, 0.29) is 24.0 Å². The molecule has 136 valence electrons. The largest absolute Gasteiger partial charge is 0.357 e. The average Bonchev–Trinajstić information content (AvgIpc) is 3.17. The molecule has 0 spiro atoms. The van der Waals surface area contributed by atoms with Gasteiger partial charge in [0.05, 0.1) is 5.01 Å². The molecule has 1 saturated carbocycles. The Morgan fingerprint density at radius 3 is 2.88 bits per heavy atom. The highest BCUT2D eigenvalue weighted by Gasteiger charge is 2.38. The monoisotopic (exact) mass is 463 g/mol. The van der Waals surface area contributed by atoms with Gasteiger partial charge in [-0.2, -0.15) is 0 Å². The molecule has 1 saturated heterocycles. The van der Waals surface area contributed by atoms with Crippen molar-refractivity contribution in [3.8, 4) is 0 Å². The Morgan fingerprint density at radius 2 is 2.25 bits per heavy atom. The van der Waals surface area contributed by atoms with Crippen molar-refractivity contribution in [3.63, 3.8) is 0 Å². The van der Waals surface area contributed by atoms with Crippen molar-refractivity contribution in [2.75, 3.05) is 19.6 Å². The quantitative estimate of drug-likeness (QED) is 0.387. The second kappa shape index (κ2) is 9.33. The number of likely N-dealkylation sites (tertiary alicyclic amines) is 1. The molecule has 2 aliphatic rings. The first-order valence-corrected chi connectivity index (χ1v) is 9.69. The van der Waals surface area contributed by atoms with E-state index in [0.29, 0.717) is 12.1 Å². The molecule has 24 heavy (non-hydrogen) atoms. The fourth-order valence-electron chi connectivity index (χ4n) is 3.37. The maximum Gasteiger partial charge on any atom is 0.191 e. The molecule has 0 bridgehead atoms. The normalized spacial score (nSPS) is 24.7. The Kier molecular flexibility index (Phi) is 7.74. The van der Waals surface area contributed by atoms with Crippen LogP contribution in [-0.2, 0) is 6.42 Å². The number of hydrogen-bond acceptors (Lipinski definition) is 4. The third-order valence-electron chi connectivity index (χ3n) is 4.59. The zero-order valence-corrected chi connectivity index (χ0v) is 18.1. The summed E-state index contributed by atoms with van der Waals surface area (Å²) in [5.74, 6) is 0.954. The van der Waals surface area contributed by atoms with Crippen LogP contribution in [-0.4, -0.2) is 53.6 Å². The molecule has 1 aromatic heterocycles. The van der Waals surface area contributed by atoms with Gasteiger partial charge in [0.1, 0.15) is 0 Å². The zero-order valence-electron chi connectivity index (χ0n) is 14.9. The molecule has 0 amide bonds. The summed E-state index contributed by atoms with van der Waals surface area (Å²) in [5.41, 5.74) is 0. The fourth-order valence-corrected chi connectivity index (χ4v) is 4.15. The number of rotatable bonds is 6. The van der Waals surface area contributed by atoms with E-state index in [1.54, 1.807) is 11.3 Å². The summed E-state index contributed by atoms with van der Waals surface area (Å²) in [6.07, 6.45) is 6.85. The smallest absolute Gasteiger partial charge is 0.191 e. The lowest BCUT2D eigenvalue weighted by Crippen LogP contribution is -2.44. The van der Waals surface area contributed by atoms with E-state index >= 15 is 0 Å². The molecule has 2 fully saturated rings. The Bertz CT molecular complexity index is 543. The van der Waals surface area contributed by atoms with Crippen LogP contribution in [0.4, 0.5) is 0 Å². The Hall–Kier alpha value is -0.410. The average molecular weight is 463 g/mol. The van der Waals surface area contributed by atoms with Crippen molar-refractivity contribution >= 4 is 41.3 Å². The van der Waals surface area contributed by atoms with Crippen molar-refractivity contribution in [1.82, 2.24) is 20.5 Å². The van der Waals surface area contributed by atoms with Gasteiger partial charge in [0.15, 0.2) is 5.96 Å². The third kappa shape index (κ3) is 5.56. The maximum absolute atomic E-state index is 4.73. The summed E-state index contributed by atoms with van der Waals surface area (Å²) >= 11 is 1.77. The standard InChI is InChI=1S/C17H29N5S.HI/c1-4-18-17(19-8-7-16-20-10-13(3)23-16)21-14-9-12(2)22(11-14)15-5-6-15;/h10,12,14-15H,4-9,11H2,1-3H3,(H2,18,19,21);1H. The van der Waals surface area contributed by atoms with Gasteiger partial charge in [0.25, 0.3) is 0 Å². The van der Waals surface area contributed by atoms with Crippen LogP contribution in [0.25, 0.3) is 0 Å². The van der Waals surface area contributed by atoms with Crippen LogP contribution in [0.15, 0.2) is 11.2 Å². The first-order chi connectivity index (χ1) is 11.2. The second-order valence-corrected chi connectivity index (χ2v) is 8.05. The number of hydrogen-bond donors (Lipinski definition) is 2. The number of halogens is 1. The van der Waals surface area contributed by atoms with Crippen LogP contribution in [0.2, 0.25) is 0 Å². The van der Waals surface area contributed by atoms with Gasteiger partial charge in [0.2, 0.25) is 0 Å². The van der Waals surface area contributed by atoms with Crippen molar-refractivity contribution in [2.45, 2.75) is 64.6 Å². The summed E-state index contributed by atoms with van der Waals surface area (Å²) in [5, 5.41) is 8.19. The van der Waals surface area contributed by atoms with Gasteiger partial charge in [-0.15, -0.1) is 35.3 Å². The topological polar surface area (TPSA) is 52.6 Å². The highest BCUT2D eigenvalue weighted by molar-refractivity contribution is 14.0. The van der Waals surface area contributed by atoms with Crippen LogP contribution >= 0.6 is 35.3 Å². The summed E-state index contributed by atoms with van der Waals surface area (Å²) in [7, 11) is 0. The third-order valence-corrected chi connectivity index (χ3v) is 5.56. The number of aliphatic imine (C=N–C) groups is 1. The van der Waals surface area contributed by atoms with E-state index in [4.69, 9.17) is 4.99 Å². The predicted octanol–water partition coefficient (Wildman–Crippen LogP) is 2.79. The van der Waals surface area contributed by atoms with E-state index in [1.807, 2.05) is 6.20 Å². The SMILES string of the molecule is CCNC(=NCCc1ncc(C)s1)NC1CC(C)N(C2CC2)C1.I. The van der Waals surface area contributed by atoms with Gasteiger partial charge in [0, 0.05) is 55.3 Å². The minimum absolute atomic E-state index is 0. The van der Waals surface area contributed by atoms with Gasteiger partial charge in [-0.3, -0.25) is 9.89 Å². The number of nitrogens with zero attached hydrogens (tertiary/aromatic N) is 3. The molecule has 1 aliphatic carbocycles. The van der Waals surface area contributed by atoms with Crippen LogP contribution in [0.3, 0.4) is 0 Å². The van der Waals surface area contributed by atoms with Crippen LogP contribution in [0, 0.1) is 6.92 Å². The molecular formula is C17H30IN5S. The number of aryl methyl sites for hydroxylation is 1. The molecule has 3 rings (SSSR count). The highest BCUT2D eigenvalue weighted by Crippen LogP contribution is 2.33. The van der Waals surface area contributed by atoms with E-state index in [2.05, 4.69) is 41.3 Å². The molecule has 2 heterocycles. The van der Waals surface area contributed by atoms with Crippen LogP contribution in [0.1, 0.15) is 43.0 Å². The number of thiazole rings is 1. The van der Waals surface area contributed by atoms with Gasteiger partial charge >= 0.3 is 0 Å². The van der Waals surface area contributed by atoms with Gasteiger partial charge in [-0.05, 0) is 40.0 Å². The summed E-state index contributed by atoms with van der Waals surface area (Å²) in [4.78, 5) is 13.1. The van der Waals surface area contributed by atoms with E-state index in [9.17, 15) is 0 Å². The molecule has 5 nitrogen and oxygen atoms in total.